The third-order valence-electron chi connectivity index (χ3n) is 4.62. The minimum atomic E-state index is -0.0100. The Bertz CT molecular complexity index is 698. The molecular weight excluding hydrogens is 369 g/mol. The predicted octanol–water partition coefficient (Wildman–Crippen LogP) is 4.53. The topological polar surface area (TPSA) is 58.4 Å². The number of nitrogens with two attached hydrogens (primary N) is 1. The Kier molecular flexibility index (Phi) is 8.76. The lowest BCUT2D eigenvalue weighted by Gasteiger charge is -2.32. The number of piperidine rings is 1. The average Bonchev–Trinajstić information content (AvgIpc) is 2.58. The molecule has 1 fully saturated rings. The summed E-state index contributed by atoms with van der Waals surface area (Å²) in [5.41, 5.74) is 9.38. The molecule has 6 heteroatoms. The van der Waals surface area contributed by atoms with Gasteiger partial charge in [0.05, 0.1) is 6.42 Å². The summed E-state index contributed by atoms with van der Waals surface area (Å²) in [5, 5.41) is 3.00. The fraction of sp³-hybridized carbons (Fsp3) is 0.350. The lowest BCUT2D eigenvalue weighted by Crippen LogP contribution is -2.32. The van der Waals surface area contributed by atoms with Gasteiger partial charge in [-0.05, 0) is 54.7 Å². The summed E-state index contributed by atoms with van der Waals surface area (Å²) in [6.45, 7) is 4.49. The molecule has 1 amide bonds. The number of carbonyl (C=O) groups is 1. The van der Waals surface area contributed by atoms with Crippen LogP contribution in [-0.4, -0.2) is 19.0 Å². The van der Waals surface area contributed by atoms with Crippen LogP contribution in [0.5, 0.6) is 0 Å². The van der Waals surface area contributed by atoms with E-state index in [1.807, 2.05) is 36.4 Å². The summed E-state index contributed by atoms with van der Waals surface area (Å²) < 4.78 is 0. The molecule has 0 saturated carbocycles. The Morgan fingerprint density at radius 2 is 1.77 bits per heavy atom. The second-order valence-electron chi connectivity index (χ2n) is 6.69. The molecule has 1 saturated heterocycles. The molecule has 1 heterocycles. The van der Waals surface area contributed by atoms with Crippen LogP contribution < -0.4 is 16.0 Å². The maximum Gasteiger partial charge on any atom is 0.228 e. The Morgan fingerprint density at radius 1 is 1.12 bits per heavy atom. The molecule has 0 unspecified atom stereocenters. The molecule has 1 aliphatic heterocycles. The minimum absolute atomic E-state index is 0. The molecule has 0 atom stereocenters. The number of nitrogen functional groups attached to an aromatic ring is 1. The average molecular weight is 396 g/mol. The Morgan fingerprint density at radius 3 is 2.42 bits per heavy atom. The number of carbonyl (C=O) groups excluding carboxylic acids is 1. The van der Waals surface area contributed by atoms with Crippen LogP contribution in [0, 0.1) is 5.92 Å². The molecule has 0 aliphatic carbocycles. The Balaban J connectivity index is 0.00000169. The third kappa shape index (κ3) is 6.11. The lowest BCUT2D eigenvalue weighted by molar-refractivity contribution is -0.115. The molecule has 0 bridgehead atoms. The fourth-order valence-corrected chi connectivity index (χ4v) is 3.07. The van der Waals surface area contributed by atoms with E-state index in [0.29, 0.717) is 12.1 Å². The number of hydrogen-bond donors (Lipinski definition) is 2. The van der Waals surface area contributed by atoms with E-state index in [4.69, 9.17) is 5.73 Å². The van der Waals surface area contributed by atoms with E-state index < -0.39 is 0 Å². The highest BCUT2D eigenvalue weighted by atomic mass is 35.5. The van der Waals surface area contributed by atoms with Crippen molar-refractivity contribution in [2.75, 3.05) is 29.0 Å². The molecule has 4 nitrogen and oxygen atoms in total. The number of amides is 1. The molecule has 3 N–H and O–H groups in total. The van der Waals surface area contributed by atoms with Gasteiger partial charge in [0, 0.05) is 30.2 Å². The highest BCUT2D eigenvalue weighted by molar-refractivity contribution is 5.92. The highest BCUT2D eigenvalue weighted by Crippen LogP contribution is 2.25. The van der Waals surface area contributed by atoms with Crippen LogP contribution in [0.2, 0.25) is 0 Å². The summed E-state index contributed by atoms with van der Waals surface area (Å²) in [6.07, 6.45) is 2.81. The summed E-state index contributed by atoms with van der Waals surface area (Å²) in [6, 6.07) is 15.5. The van der Waals surface area contributed by atoms with E-state index in [2.05, 4.69) is 29.3 Å². The molecule has 2 aromatic rings. The van der Waals surface area contributed by atoms with E-state index in [-0.39, 0.29) is 30.7 Å². The van der Waals surface area contributed by atoms with Gasteiger partial charge in [-0.15, -0.1) is 24.8 Å². The van der Waals surface area contributed by atoms with Gasteiger partial charge in [0.1, 0.15) is 0 Å². The number of nitrogens with one attached hydrogen (secondary N) is 1. The van der Waals surface area contributed by atoms with Gasteiger partial charge in [0.15, 0.2) is 0 Å². The number of rotatable bonds is 4. The van der Waals surface area contributed by atoms with E-state index in [1.54, 1.807) is 0 Å². The van der Waals surface area contributed by atoms with Gasteiger partial charge in [0.25, 0.3) is 0 Å². The van der Waals surface area contributed by atoms with E-state index >= 15 is 0 Å². The second-order valence-corrected chi connectivity index (χ2v) is 6.69. The molecule has 2 aromatic carbocycles. The molecule has 0 spiro atoms. The SMILES string of the molecule is CC1CCN(c2cccc(NC(=O)Cc3ccc(N)cc3)c2)CC1.Cl.Cl. The summed E-state index contributed by atoms with van der Waals surface area (Å²) >= 11 is 0. The number of nitrogens with zero attached hydrogens (tertiary/aromatic N) is 1. The third-order valence-corrected chi connectivity index (χ3v) is 4.62. The second kappa shape index (κ2) is 10.3. The molecule has 26 heavy (non-hydrogen) atoms. The quantitative estimate of drug-likeness (QED) is 0.747. The molecule has 1 aliphatic rings. The van der Waals surface area contributed by atoms with Crippen LogP contribution in [0.1, 0.15) is 25.3 Å². The maximum absolute atomic E-state index is 12.2. The minimum Gasteiger partial charge on any atom is -0.399 e. The normalized spacial score (nSPS) is 14.1. The number of halogens is 2. The van der Waals surface area contributed by atoms with Gasteiger partial charge in [-0.2, -0.15) is 0 Å². The van der Waals surface area contributed by atoms with Gasteiger partial charge < -0.3 is 16.0 Å². The van der Waals surface area contributed by atoms with Gasteiger partial charge in [-0.1, -0.05) is 25.1 Å². The first-order valence-corrected chi connectivity index (χ1v) is 8.59. The van der Waals surface area contributed by atoms with Crippen molar-refractivity contribution < 1.29 is 4.79 Å². The van der Waals surface area contributed by atoms with Crippen LogP contribution in [0.15, 0.2) is 48.5 Å². The zero-order valence-corrected chi connectivity index (χ0v) is 16.6. The first-order valence-electron chi connectivity index (χ1n) is 8.59. The molecule has 3 rings (SSSR count). The molecule has 0 aromatic heterocycles. The Hall–Kier alpha value is -1.91. The van der Waals surface area contributed by atoms with E-state index in [9.17, 15) is 4.79 Å². The van der Waals surface area contributed by atoms with Crippen molar-refractivity contribution in [3.63, 3.8) is 0 Å². The Labute approximate surface area is 168 Å². The van der Waals surface area contributed by atoms with Crippen molar-refractivity contribution in [2.24, 2.45) is 5.92 Å². The van der Waals surface area contributed by atoms with Crippen molar-refractivity contribution >= 4 is 47.8 Å². The van der Waals surface area contributed by atoms with Crippen LogP contribution >= 0.6 is 24.8 Å². The van der Waals surface area contributed by atoms with Crippen LogP contribution in [0.25, 0.3) is 0 Å². The van der Waals surface area contributed by atoms with E-state index in [1.165, 1.54) is 18.5 Å². The van der Waals surface area contributed by atoms with Crippen molar-refractivity contribution in [3.05, 3.63) is 54.1 Å². The zero-order valence-electron chi connectivity index (χ0n) is 15.0. The first-order chi connectivity index (χ1) is 11.6. The predicted molar refractivity (Wildman–Crippen MR) is 115 cm³/mol. The van der Waals surface area contributed by atoms with Crippen molar-refractivity contribution in [1.29, 1.82) is 0 Å². The monoisotopic (exact) mass is 395 g/mol. The number of benzene rings is 2. The summed E-state index contributed by atoms with van der Waals surface area (Å²) in [7, 11) is 0. The number of hydrogen-bond acceptors (Lipinski definition) is 3. The molecular formula is C20H27Cl2N3O. The molecule has 142 valence electrons. The van der Waals surface area contributed by atoms with Crippen molar-refractivity contribution in [2.45, 2.75) is 26.2 Å². The van der Waals surface area contributed by atoms with Gasteiger partial charge in [-0.3, -0.25) is 4.79 Å². The van der Waals surface area contributed by atoms with Crippen molar-refractivity contribution in [3.8, 4) is 0 Å². The van der Waals surface area contributed by atoms with Gasteiger partial charge in [-0.25, -0.2) is 0 Å². The smallest absolute Gasteiger partial charge is 0.228 e. The molecule has 0 radical (unpaired) electrons. The zero-order chi connectivity index (χ0) is 16.9. The van der Waals surface area contributed by atoms with Gasteiger partial charge >= 0.3 is 0 Å². The summed E-state index contributed by atoms with van der Waals surface area (Å²) in [4.78, 5) is 14.6. The first kappa shape index (κ1) is 22.1. The van der Waals surface area contributed by atoms with Crippen LogP contribution in [0.3, 0.4) is 0 Å². The maximum atomic E-state index is 12.2. The van der Waals surface area contributed by atoms with E-state index in [0.717, 1.165) is 30.3 Å². The van der Waals surface area contributed by atoms with Crippen LogP contribution in [-0.2, 0) is 11.2 Å². The summed E-state index contributed by atoms with van der Waals surface area (Å²) in [5.74, 6) is 0.799. The standard InChI is InChI=1S/C20H25N3O.2ClH/c1-15-9-11-23(12-10-15)19-4-2-3-18(14-19)22-20(24)13-16-5-7-17(21)8-6-16;;/h2-8,14-15H,9-13,21H2,1H3,(H,22,24);2*1H. The largest absolute Gasteiger partial charge is 0.399 e. The fourth-order valence-electron chi connectivity index (χ4n) is 3.07. The van der Waals surface area contributed by atoms with Crippen LogP contribution in [0.4, 0.5) is 17.1 Å². The highest BCUT2D eigenvalue weighted by Gasteiger charge is 2.16. The van der Waals surface area contributed by atoms with Crippen molar-refractivity contribution in [1.82, 2.24) is 0 Å². The van der Waals surface area contributed by atoms with Gasteiger partial charge in [0.2, 0.25) is 5.91 Å². The number of anilines is 3. The lowest BCUT2D eigenvalue weighted by atomic mass is 9.99.